The van der Waals surface area contributed by atoms with Gasteiger partial charge in [0, 0.05) is 19.1 Å². The topological polar surface area (TPSA) is 68.2 Å². The lowest BCUT2D eigenvalue weighted by Gasteiger charge is -2.40. The van der Waals surface area contributed by atoms with Crippen LogP contribution in [0.25, 0.3) is 0 Å². The van der Waals surface area contributed by atoms with Crippen LogP contribution in [0.3, 0.4) is 0 Å². The molecule has 0 unspecified atom stereocenters. The molecule has 2 fully saturated rings. The van der Waals surface area contributed by atoms with E-state index in [2.05, 4.69) is 50.9 Å². The predicted molar refractivity (Wildman–Crippen MR) is 119 cm³/mol. The van der Waals surface area contributed by atoms with Gasteiger partial charge in [0.05, 0.1) is 37.9 Å². The molecule has 5 atom stereocenters. The first kappa shape index (κ1) is 23.4. The molecule has 0 aliphatic carbocycles. The third-order valence-electron chi connectivity index (χ3n) is 7.05. The van der Waals surface area contributed by atoms with Crippen LogP contribution in [0.1, 0.15) is 32.8 Å². The van der Waals surface area contributed by atoms with E-state index < -0.39 is 20.3 Å². The highest BCUT2D eigenvalue weighted by molar-refractivity contribution is 6.74. The summed E-state index contributed by atoms with van der Waals surface area (Å²) in [5, 5.41) is 10.7. The number of esters is 1. The molecular formula is C23H37NO5Si. The number of hydrogen-bond donors (Lipinski definition) is 1. The van der Waals surface area contributed by atoms with Crippen molar-refractivity contribution >= 4 is 14.3 Å². The number of carbonyl (C=O) groups excluding carboxylic acids is 1. The molecule has 1 N–H and O–H groups in total. The van der Waals surface area contributed by atoms with Gasteiger partial charge in [-0.3, -0.25) is 9.69 Å². The van der Waals surface area contributed by atoms with Gasteiger partial charge in [0.2, 0.25) is 0 Å². The van der Waals surface area contributed by atoms with E-state index in [9.17, 15) is 9.90 Å². The quantitative estimate of drug-likeness (QED) is 0.547. The molecule has 2 saturated heterocycles. The van der Waals surface area contributed by atoms with Crippen molar-refractivity contribution in [3.8, 4) is 0 Å². The molecule has 0 amide bonds. The number of methoxy groups -OCH3 is 1. The van der Waals surface area contributed by atoms with Gasteiger partial charge in [-0.1, -0.05) is 51.1 Å². The Bertz CT molecular complexity index is 720. The van der Waals surface area contributed by atoms with Crippen LogP contribution < -0.4 is 0 Å². The largest absolute Gasteiger partial charge is 0.469 e. The summed E-state index contributed by atoms with van der Waals surface area (Å²) < 4.78 is 18.1. The number of carbonyl (C=O) groups is 1. The number of rotatable bonds is 6. The Morgan fingerprint density at radius 2 is 1.87 bits per heavy atom. The molecule has 1 aromatic rings. The van der Waals surface area contributed by atoms with Crippen molar-refractivity contribution in [1.29, 1.82) is 0 Å². The zero-order chi connectivity index (χ0) is 22.1. The molecule has 7 heteroatoms. The second-order valence-electron chi connectivity index (χ2n) is 10.1. The van der Waals surface area contributed by atoms with Crippen molar-refractivity contribution < 1.29 is 23.8 Å². The van der Waals surface area contributed by atoms with Crippen LogP contribution in [0, 0.1) is 5.92 Å². The maximum absolute atomic E-state index is 12.1. The van der Waals surface area contributed by atoms with Crippen molar-refractivity contribution in [2.75, 3.05) is 20.2 Å². The molecule has 6 nitrogen and oxygen atoms in total. The summed E-state index contributed by atoms with van der Waals surface area (Å²) in [4.78, 5) is 14.4. The highest BCUT2D eigenvalue weighted by Crippen LogP contribution is 2.41. The summed E-state index contributed by atoms with van der Waals surface area (Å²) in [6.45, 7) is 12.9. The highest BCUT2D eigenvalue weighted by atomic mass is 28.4. The van der Waals surface area contributed by atoms with Crippen molar-refractivity contribution in [1.82, 2.24) is 4.90 Å². The molecule has 0 saturated carbocycles. The van der Waals surface area contributed by atoms with Gasteiger partial charge in [-0.2, -0.15) is 0 Å². The molecular weight excluding hydrogens is 398 g/mol. The van der Waals surface area contributed by atoms with Crippen molar-refractivity contribution in [3.63, 3.8) is 0 Å². The van der Waals surface area contributed by atoms with Gasteiger partial charge in [0.15, 0.2) is 8.32 Å². The smallest absolute Gasteiger partial charge is 0.312 e. The van der Waals surface area contributed by atoms with Crippen molar-refractivity contribution in [2.24, 2.45) is 5.92 Å². The van der Waals surface area contributed by atoms with Gasteiger partial charge in [-0.15, -0.1) is 0 Å². The lowest BCUT2D eigenvalue weighted by molar-refractivity contribution is -0.154. The lowest BCUT2D eigenvalue weighted by atomic mass is 9.89. The van der Waals surface area contributed by atoms with E-state index >= 15 is 0 Å². The minimum atomic E-state index is -2.01. The Labute approximate surface area is 181 Å². The van der Waals surface area contributed by atoms with E-state index in [0.29, 0.717) is 26.1 Å². The Balaban J connectivity index is 1.80. The fraction of sp³-hybridized carbons (Fsp3) is 0.696. The van der Waals surface area contributed by atoms with Crippen LogP contribution in [-0.2, 0) is 25.3 Å². The summed E-state index contributed by atoms with van der Waals surface area (Å²) in [6, 6.07) is 10.1. The number of ether oxygens (including phenoxy) is 2. The van der Waals surface area contributed by atoms with E-state index in [1.54, 1.807) is 0 Å². The number of benzene rings is 1. The number of piperidine rings is 1. The van der Waals surface area contributed by atoms with Gasteiger partial charge in [-0.25, -0.2) is 0 Å². The maximum Gasteiger partial charge on any atom is 0.312 e. The van der Waals surface area contributed by atoms with E-state index in [0.717, 1.165) is 5.56 Å². The number of aliphatic hydroxyl groups excluding tert-OH is 1. The molecule has 2 aliphatic rings. The van der Waals surface area contributed by atoms with Crippen LogP contribution >= 0.6 is 0 Å². The first-order valence-electron chi connectivity index (χ1n) is 10.9. The molecule has 0 aromatic heterocycles. The third kappa shape index (κ3) is 4.97. The zero-order valence-electron chi connectivity index (χ0n) is 19.1. The minimum absolute atomic E-state index is 0.0272. The van der Waals surface area contributed by atoms with Gasteiger partial charge >= 0.3 is 5.97 Å². The van der Waals surface area contributed by atoms with Crippen molar-refractivity contribution in [3.05, 3.63) is 35.9 Å². The summed E-state index contributed by atoms with van der Waals surface area (Å²) in [5.74, 6) is -0.871. The zero-order valence-corrected chi connectivity index (χ0v) is 20.1. The summed E-state index contributed by atoms with van der Waals surface area (Å²) in [7, 11) is -0.633. The van der Waals surface area contributed by atoms with Crippen LogP contribution in [0.4, 0.5) is 0 Å². The number of nitrogens with zero attached hydrogens (tertiary/aromatic N) is 1. The minimum Gasteiger partial charge on any atom is -0.469 e. The fourth-order valence-electron chi connectivity index (χ4n) is 4.23. The summed E-state index contributed by atoms with van der Waals surface area (Å²) in [6.07, 6.45) is -0.472. The third-order valence-corrected chi connectivity index (χ3v) is 11.6. The molecule has 3 rings (SSSR count). The van der Waals surface area contributed by atoms with Gasteiger partial charge in [0.1, 0.15) is 0 Å². The maximum atomic E-state index is 12.1. The fourth-order valence-corrected chi connectivity index (χ4v) is 5.55. The summed E-state index contributed by atoms with van der Waals surface area (Å²) >= 11 is 0. The second-order valence-corrected chi connectivity index (χ2v) is 14.9. The Morgan fingerprint density at radius 3 is 2.47 bits per heavy atom. The molecule has 30 heavy (non-hydrogen) atoms. The van der Waals surface area contributed by atoms with Gasteiger partial charge in [0.25, 0.3) is 0 Å². The standard InChI is InChI=1S/C23H37NO5Si/c1-23(2,3)30(5,6)29-20-14-24-13-17(22(26)27-4)19(25)12-18(24)21(20)28-15-16-10-8-7-9-11-16/h7-11,17-21,25H,12-15H2,1-6H3/t17-,18-,19-,20+,21-/m0/s1. The predicted octanol–water partition coefficient (Wildman–Crippen LogP) is 3.20. The average molecular weight is 436 g/mol. The van der Waals surface area contributed by atoms with E-state index in [1.807, 2.05) is 18.2 Å². The molecule has 0 spiro atoms. The second kappa shape index (κ2) is 9.08. The number of fused-ring (bicyclic) bond motifs is 1. The van der Waals surface area contributed by atoms with Crippen molar-refractivity contribution in [2.45, 2.75) is 76.3 Å². The number of aliphatic hydroxyl groups is 1. The highest BCUT2D eigenvalue weighted by Gasteiger charge is 2.52. The first-order valence-corrected chi connectivity index (χ1v) is 13.8. The van der Waals surface area contributed by atoms with E-state index in [-0.39, 0.29) is 29.3 Å². The molecule has 2 aliphatic heterocycles. The van der Waals surface area contributed by atoms with Crippen LogP contribution in [0.15, 0.2) is 30.3 Å². The molecule has 1 aromatic carbocycles. The molecule has 0 bridgehead atoms. The van der Waals surface area contributed by atoms with Crippen LogP contribution in [-0.4, -0.2) is 68.8 Å². The molecule has 2 heterocycles. The molecule has 168 valence electrons. The molecule has 0 radical (unpaired) electrons. The normalized spacial score (nSPS) is 30.2. The lowest BCUT2D eigenvalue weighted by Crippen LogP contribution is -2.52. The SMILES string of the molecule is COC(=O)[C@H]1CN2C[C@@H](O[Si](C)(C)C(C)(C)C)[C@@H](OCc3ccccc3)[C@@H]2C[C@@H]1O. The Kier molecular flexibility index (Phi) is 7.09. The number of hydrogen-bond acceptors (Lipinski definition) is 6. The average Bonchev–Trinajstić information content (AvgIpc) is 3.00. The van der Waals surface area contributed by atoms with Crippen LogP contribution in [0.2, 0.25) is 18.1 Å². The van der Waals surface area contributed by atoms with Gasteiger partial charge in [-0.05, 0) is 30.1 Å². The Morgan fingerprint density at radius 1 is 1.20 bits per heavy atom. The monoisotopic (exact) mass is 435 g/mol. The van der Waals surface area contributed by atoms with Gasteiger partial charge < -0.3 is 19.0 Å². The summed E-state index contributed by atoms with van der Waals surface area (Å²) in [5.41, 5.74) is 1.12. The Hall–Kier alpha value is -1.25. The van der Waals surface area contributed by atoms with E-state index in [4.69, 9.17) is 13.9 Å². The van der Waals surface area contributed by atoms with E-state index in [1.165, 1.54) is 7.11 Å². The first-order chi connectivity index (χ1) is 14.0. The van der Waals surface area contributed by atoms with Crippen LogP contribution in [0.5, 0.6) is 0 Å².